The first kappa shape index (κ1) is 16.2. The summed E-state index contributed by atoms with van der Waals surface area (Å²) in [6, 6.07) is 6.52. The Kier molecular flexibility index (Phi) is 5.53. The Hall–Kier alpha value is -0.900. The SMILES string of the molecule is CCOC(C(NN)c1cc(C)cc(C)c1)C(C)(C)C. The number of hydrogen-bond acceptors (Lipinski definition) is 3. The van der Waals surface area contributed by atoms with E-state index in [-0.39, 0.29) is 17.6 Å². The van der Waals surface area contributed by atoms with Gasteiger partial charge in [0.2, 0.25) is 0 Å². The Morgan fingerprint density at radius 2 is 1.68 bits per heavy atom. The van der Waals surface area contributed by atoms with Crippen molar-refractivity contribution in [2.45, 2.75) is 53.7 Å². The van der Waals surface area contributed by atoms with Crippen molar-refractivity contribution in [3.05, 3.63) is 34.9 Å². The predicted octanol–water partition coefficient (Wildman–Crippen LogP) is 3.26. The monoisotopic (exact) mass is 264 g/mol. The number of rotatable bonds is 5. The van der Waals surface area contributed by atoms with Crippen molar-refractivity contribution in [2.24, 2.45) is 11.3 Å². The minimum absolute atomic E-state index is 0.00134. The molecule has 0 saturated carbocycles. The van der Waals surface area contributed by atoms with Crippen LogP contribution in [0.25, 0.3) is 0 Å². The first-order chi connectivity index (χ1) is 8.79. The fourth-order valence-electron chi connectivity index (χ4n) is 2.57. The normalized spacial score (nSPS) is 15.3. The number of benzene rings is 1. The Morgan fingerprint density at radius 1 is 1.16 bits per heavy atom. The molecule has 0 amide bonds. The zero-order chi connectivity index (χ0) is 14.6. The fourth-order valence-corrected chi connectivity index (χ4v) is 2.57. The molecule has 1 aromatic rings. The van der Waals surface area contributed by atoms with Crippen LogP contribution >= 0.6 is 0 Å². The van der Waals surface area contributed by atoms with Gasteiger partial charge in [0.1, 0.15) is 0 Å². The maximum Gasteiger partial charge on any atom is 0.0830 e. The van der Waals surface area contributed by atoms with E-state index >= 15 is 0 Å². The molecule has 108 valence electrons. The van der Waals surface area contributed by atoms with E-state index in [2.05, 4.69) is 58.2 Å². The van der Waals surface area contributed by atoms with Crippen LogP contribution in [0, 0.1) is 19.3 Å². The van der Waals surface area contributed by atoms with E-state index in [1.165, 1.54) is 16.7 Å². The molecule has 3 heteroatoms. The van der Waals surface area contributed by atoms with Crippen molar-refractivity contribution in [3.8, 4) is 0 Å². The lowest BCUT2D eigenvalue weighted by molar-refractivity contribution is -0.0366. The molecule has 2 unspecified atom stereocenters. The van der Waals surface area contributed by atoms with Gasteiger partial charge in [-0.3, -0.25) is 11.3 Å². The van der Waals surface area contributed by atoms with Crippen LogP contribution in [0.2, 0.25) is 0 Å². The Morgan fingerprint density at radius 3 is 2.05 bits per heavy atom. The van der Waals surface area contributed by atoms with Crippen LogP contribution in [0.3, 0.4) is 0 Å². The standard InChI is InChI=1S/C16H28N2O/c1-7-19-15(16(4,5)6)14(18-17)13-9-11(2)8-12(3)10-13/h8-10,14-15,18H,7,17H2,1-6H3. The summed E-state index contributed by atoms with van der Waals surface area (Å²) in [5, 5.41) is 0. The zero-order valence-electron chi connectivity index (χ0n) is 13.1. The highest BCUT2D eigenvalue weighted by atomic mass is 16.5. The molecule has 3 nitrogen and oxygen atoms in total. The molecule has 0 spiro atoms. The maximum absolute atomic E-state index is 5.95. The number of nitrogens with one attached hydrogen (secondary N) is 1. The highest BCUT2D eigenvalue weighted by Crippen LogP contribution is 2.33. The van der Waals surface area contributed by atoms with Crippen molar-refractivity contribution >= 4 is 0 Å². The summed E-state index contributed by atoms with van der Waals surface area (Å²) in [6.07, 6.45) is 0.0312. The molecule has 1 rings (SSSR count). The van der Waals surface area contributed by atoms with Crippen LogP contribution in [0.15, 0.2) is 18.2 Å². The number of aryl methyl sites for hydroxylation is 2. The molecule has 0 saturated heterocycles. The van der Waals surface area contributed by atoms with Crippen molar-refractivity contribution in [2.75, 3.05) is 6.61 Å². The van der Waals surface area contributed by atoms with Crippen LogP contribution in [-0.4, -0.2) is 12.7 Å². The molecule has 3 N–H and O–H groups in total. The predicted molar refractivity (Wildman–Crippen MR) is 80.8 cm³/mol. The summed E-state index contributed by atoms with van der Waals surface area (Å²) >= 11 is 0. The van der Waals surface area contributed by atoms with Crippen molar-refractivity contribution < 1.29 is 4.74 Å². The van der Waals surface area contributed by atoms with E-state index in [0.29, 0.717) is 6.61 Å². The second-order valence-electron chi connectivity index (χ2n) is 6.31. The van der Waals surface area contributed by atoms with Crippen LogP contribution in [-0.2, 0) is 4.74 Å². The van der Waals surface area contributed by atoms with Gasteiger partial charge in [-0.15, -0.1) is 0 Å². The lowest BCUT2D eigenvalue weighted by Crippen LogP contribution is -2.44. The molecule has 0 aliphatic rings. The Balaban J connectivity index is 3.15. The van der Waals surface area contributed by atoms with Crippen molar-refractivity contribution in [1.29, 1.82) is 0 Å². The van der Waals surface area contributed by atoms with Gasteiger partial charge >= 0.3 is 0 Å². The lowest BCUT2D eigenvalue weighted by Gasteiger charge is -2.37. The molecule has 0 heterocycles. The smallest absolute Gasteiger partial charge is 0.0830 e. The molecule has 19 heavy (non-hydrogen) atoms. The summed E-state index contributed by atoms with van der Waals surface area (Å²) in [5.74, 6) is 5.80. The molecule has 0 radical (unpaired) electrons. The summed E-state index contributed by atoms with van der Waals surface area (Å²) in [6.45, 7) is 13.5. The van der Waals surface area contributed by atoms with E-state index in [9.17, 15) is 0 Å². The quantitative estimate of drug-likeness (QED) is 0.634. The average Bonchev–Trinajstić information content (AvgIpc) is 2.26. The zero-order valence-corrected chi connectivity index (χ0v) is 13.1. The van der Waals surface area contributed by atoms with Gasteiger partial charge in [-0.25, -0.2) is 0 Å². The number of nitrogens with two attached hydrogens (primary N) is 1. The molecule has 0 aromatic heterocycles. The van der Waals surface area contributed by atoms with Crippen LogP contribution in [0.4, 0.5) is 0 Å². The third kappa shape index (κ3) is 4.30. The Labute approximate surface area is 117 Å². The van der Waals surface area contributed by atoms with Gasteiger partial charge in [0.15, 0.2) is 0 Å². The van der Waals surface area contributed by atoms with Crippen molar-refractivity contribution in [1.82, 2.24) is 5.43 Å². The lowest BCUT2D eigenvalue weighted by atomic mass is 9.81. The molecular weight excluding hydrogens is 236 g/mol. The number of ether oxygens (including phenoxy) is 1. The van der Waals surface area contributed by atoms with Gasteiger partial charge < -0.3 is 4.74 Å². The average molecular weight is 264 g/mol. The van der Waals surface area contributed by atoms with E-state index in [1.807, 2.05) is 6.92 Å². The van der Waals surface area contributed by atoms with Crippen LogP contribution < -0.4 is 11.3 Å². The maximum atomic E-state index is 5.95. The first-order valence-corrected chi connectivity index (χ1v) is 6.95. The highest BCUT2D eigenvalue weighted by molar-refractivity contribution is 5.31. The molecule has 0 fully saturated rings. The minimum atomic E-state index is -0.00134. The summed E-state index contributed by atoms with van der Waals surface area (Å²) in [7, 11) is 0. The molecule has 0 bridgehead atoms. The molecule has 2 atom stereocenters. The Bertz CT molecular complexity index is 389. The first-order valence-electron chi connectivity index (χ1n) is 6.95. The van der Waals surface area contributed by atoms with Crippen LogP contribution in [0.5, 0.6) is 0 Å². The second-order valence-corrected chi connectivity index (χ2v) is 6.31. The van der Waals surface area contributed by atoms with E-state index in [1.54, 1.807) is 0 Å². The van der Waals surface area contributed by atoms with Gasteiger partial charge in [0.25, 0.3) is 0 Å². The van der Waals surface area contributed by atoms with Gasteiger partial charge in [0, 0.05) is 6.61 Å². The number of hydrazine groups is 1. The number of hydrogen-bond donors (Lipinski definition) is 2. The van der Waals surface area contributed by atoms with Gasteiger partial charge in [0.05, 0.1) is 12.1 Å². The molecule has 1 aromatic carbocycles. The topological polar surface area (TPSA) is 47.3 Å². The highest BCUT2D eigenvalue weighted by Gasteiger charge is 2.33. The van der Waals surface area contributed by atoms with Gasteiger partial charge in [-0.1, -0.05) is 50.1 Å². The van der Waals surface area contributed by atoms with E-state index < -0.39 is 0 Å². The molecular formula is C16H28N2O. The van der Waals surface area contributed by atoms with Gasteiger partial charge in [-0.2, -0.15) is 0 Å². The van der Waals surface area contributed by atoms with Gasteiger partial charge in [-0.05, 0) is 31.7 Å². The van der Waals surface area contributed by atoms with Crippen LogP contribution in [0.1, 0.15) is 50.4 Å². The fraction of sp³-hybridized carbons (Fsp3) is 0.625. The summed E-state index contributed by atoms with van der Waals surface area (Å²) in [4.78, 5) is 0. The molecule has 0 aliphatic heterocycles. The van der Waals surface area contributed by atoms with E-state index in [4.69, 9.17) is 10.6 Å². The summed E-state index contributed by atoms with van der Waals surface area (Å²) < 4.78 is 5.95. The third-order valence-corrected chi connectivity index (χ3v) is 3.29. The molecule has 0 aliphatic carbocycles. The second kappa shape index (κ2) is 6.51. The largest absolute Gasteiger partial charge is 0.376 e. The third-order valence-electron chi connectivity index (χ3n) is 3.29. The summed E-state index contributed by atoms with van der Waals surface area (Å²) in [5.41, 5.74) is 6.64. The van der Waals surface area contributed by atoms with E-state index in [0.717, 1.165) is 0 Å². The minimum Gasteiger partial charge on any atom is -0.376 e. The van der Waals surface area contributed by atoms with Crippen molar-refractivity contribution in [3.63, 3.8) is 0 Å².